The van der Waals surface area contributed by atoms with Crippen LogP contribution in [0.4, 0.5) is 4.39 Å². The standard InChI is InChI=1S/C15H11ClFNO2/c16-9-4-3-5-10(17)15(9)12(19)8-14-18-11-6-1-2-7-13(11)20-14/h1-7,12,19H,8H2. The topological polar surface area (TPSA) is 46.3 Å². The molecule has 0 aliphatic rings. The molecule has 3 aromatic rings. The fraction of sp³-hybridized carbons (Fsp3) is 0.133. The summed E-state index contributed by atoms with van der Waals surface area (Å²) in [5, 5.41) is 10.3. The van der Waals surface area contributed by atoms with Crippen molar-refractivity contribution in [3.05, 3.63) is 64.8 Å². The fourth-order valence-electron chi connectivity index (χ4n) is 2.10. The maximum atomic E-state index is 13.7. The van der Waals surface area contributed by atoms with E-state index in [-0.39, 0.29) is 17.0 Å². The summed E-state index contributed by atoms with van der Waals surface area (Å²) in [5.74, 6) is -0.195. The molecule has 0 saturated heterocycles. The Balaban J connectivity index is 1.90. The van der Waals surface area contributed by atoms with E-state index in [2.05, 4.69) is 4.98 Å². The number of fused-ring (bicyclic) bond motifs is 1. The molecule has 1 heterocycles. The van der Waals surface area contributed by atoms with Crippen LogP contribution >= 0.6 is 11.6 Å². The fourth-order valence-corrected chi connectivity index (χ4v) is 2.39. The summed E-state index contributed by atoms with van der Waals surface area (Å²) < 4.78 is 19.2. The molecular formula is C15H11ClFNO2. The van der Waals surface area contributed by atoms with Gasteiger partial charge in [0.1, 0.15) is 11.3 Å². The lowest BCUT2D eigenvalue weighted by Crippen LogP contribution is -2.05. The molecule has 5 heteroatoms. The number of oxazole rings is 1. The first-order valence-corrected chi connectivity index (χ1v) is 6.49. The summed E-state index contributed by atoms with van der Waals surface area (Å²) in [6.07, 6.45) is -1.04. The number of rotatable bonds is 3. The molecule has 0 saturated carbocycles. The first-order chi connectivity index (χ1) is 9.65. The molecule has 1 aromatic heterocycles. The molecule has 0 amide bonds. The van der Waals surface area contributed by atoms with Crippen LogP contribution in [0.3, 0.4) is 0 Å². The highest BCUT2D eigenvalue weighted by atomic mass is 35.5. The van der Waals surface area contributed by atoms with Gasteiger partial charge in [0.2, 0.25) is 0 Å². The van der Waals surface area contributed by atoms with Gasteiger partial charge >= 0.3 is 0 Å². The van der Waals surface area contributed by atoms with E-state index >= 15 is 0 Å². The van der Waals surface area contributed by atoms with E-state index in [0.717, 1.165) is 0 Å². The molecule has 102 valence electrons. The van der Waals surface area contributed by atoms with Crippen LogP contribution in [0.5, 0.6) is 0 Å². The van der Waals surface area contributed by atoms with Gasteiger partial charge in [0.05, 0.1) is 12.5 Å². The molecule has 2 aromatic carbocycles. The van der Waals surface area contributed by atoms with E-state index in [1.54, 1.807) is 6.07 Å². The summed E-state index contributed by atoms with van der Waals surface area (Å²) in [6.45, 7) is 0. The molecule has 0 aliphatic heterocycles. The third-order valence-electron chi connectivity index (χ3n) is 3.04. The van der Waals surface area contributed by atoms with Gasteiger partial charge in [-0.2, -0.15) is 0 Å². The number of hydrogen-bond acceptors (Lipinski definition) is 3. The number of benzene rings is 2. The minimum atomic E-state index is -1.10. The number of aliphatic hydroxyl groups is 1. The molecule has 1 N–H and O–H groups in total. The molecule has 1 atom stereocenters. The van der Waals surface area contributed by atoms with Gasteiger partial charge in [-0.3, -0.25) is 0 Å². The van der Waals surface area contributed by atoms with Gasteiger partial charge in [0.25, 0.3) is 0 Å². The van der Waals surface area contributed by atoms with Crippen molar-refractivity contribution >= 4 is 22.7 Å². The average Bonchev–Trinajstić information content (AvgIpc) is 2.80. The number of aliphatic hydroxyl groups excluding tert-OH is 1. The number of hydrogen-bond donors (Lipinski definition) is 1. The first-order valence-electron chi connectivity index (χ1n) is 6.11. The molecule has 0 bridgehead atoms. The van der Waals surface area contributed by atoms with E-state index in [4.69, 9.17) is 16.0 Å². The highest BCUT2D eigenvalue weighted by Gasteiger charge is 2.19. The van der Waals surface area contributed by atoms with Crippen molar-refractivity contribution in [1.29, 1.82) is 0 Å². The monoisotopic (exact) mass is 291 g/mol. The summed E-state index contributed by atoms with van der Waals surface area (Å²) >= 11 is 5.92. The van der Waals surface area contributed by atoms with Crippen LogP contribution in [0, 0.1) is 5.82 Å². The van der Waals surface area contributed by atoms with Gasteiger partial charge < -0.3 is 9.52 Å². The molecular weight excluding hydrogens is 281 g/mol. The van der Waals surface area contributed by atoms with Gasteiger partial charge in [-0.1, -0.05) is 29.8 Å². The predicted molar refractivity (Wildman–Crippen MR) is 74.1 cm³/mol. The molecule has 20 heavy (non-hydrogen) atoms. The van der Waals surface area contributed by atoms with Crippen molar-refractivity contribution in [2.24, 2.45) is 0 Å². The summed E-state index contributed by atoms with van der Waals surface area (Å²) in [4.78, 5) is 4.25. The van der Waals surface area contributed by atoms with E-state index in [1.807, 2.05) is 18.2 Å². The van der Waals surface area contributed by atoms with E-state index < -0.39 is 11.9 Å². The highest BCUT2D eigenvalue weighted by Crippen LogP contribution is 2.28. The van der Waals surface area contributed by atoms with E-state index in [1.165, 1.54) is 18.2 Å². The van der Waals surface area contributed by atoms with Crippen molar-refractivity contribution in [2.45, 2.75) is 12.5 Å². The Kier molecular flexibility index (Phi) is 3.42. The maximum absolute atomic E-state index is 13.7. The molecule has 1 unspecified atom stereocenters. The third kappa shape index (κ3) is 2.40. The molecule has 3 rings (SSSR count). The summed E-state index contributed by atoms with van der Waals surface area (Å²) in [6, 6.07) is 11.6. The Morgan fingerprint density at radius 3 is 2.75 bits per heavy atom. The zero-order valence-electron chi connectivity index (χ0n) is 10.4. The summed E-state index contributed by atoms with van der Waals surface area (Å²) in [7, 11) is 0. The average molecular weight is 292 g/mol. The largest absolute Gasteiger partial charge is 0.441 e. The quantitative estimate of drug-likeness (QED) is 0.796. The lowest BCUT2D eigenvalue weighted by atomic mass is 10.1. The number of aromatic nitrogens is 1. The minimum Gasteiger partial charge on any atom is -0.441 e. The van der Waals surface area contributed by atoms with Gasteiger partial charge in [-0.15, -0.1) is 0 Å². The Bertz CT molecular complexity index is 703. The van der Waals surface area contributed by atoms with Gasteiger partial charge in [-0.25, -0.2) is 9.37 Å². The second-order valence-corrected chi connectivity index (χ2v) is 4.84. The molecule has 0 spiro atoms. The Hall–Kier alpha value is -1.91. The van der Waals surface area contributed by atoms with E-state index in [0.29, 0.717) is 17.0 Å². The number of halogens is 2. The summed E-state index contributed by atoms with van der Waals surface area (Å²) in [5.41, 5.74) is 1.40. The van der Waals surface area contributed by atoms with Crippen molar-refractivity contribution in [1.82, 2.24) is 4.98 Å². The normalized spacial score (nSPS) is 12.8. The molecule has 3 nitrogen and oxygen atoms in total. The van der Waals surface area contributed by atoms with Crippen LogP contribution in [0.15, 0.2) is 46.9 Å². The second kappa shape index (κ2) is 5.23. The SMILES string of the molecule is OC(Cc1nc2ccccc2o1)c1c(F)cccc1Cl. The van der Waals surface area contributed by atoms with Crippen LogP contribution in [0.25, 0.3) is 11.1 Å². The van der Waals surface area contributed by atoms with Crippen LogP contribution in [0.2, 0.25) is 5.02 Å². The Morgan fingerprint density at radius 2 is 2.00 bits per heavy atom. The van der Waals surface area contributed by atoms with Crippen molar-refractivity contribution in [2.75, 3.05) is 0 Å². The highest BCUT2D eigenvalue weighted by molar-refractivity contribution is 6.31. The zero-order valence-corrected chi connectivity index (χ0v) is 11.1. The Labute approximate surface area is 119 Å². The lowest BCUT2D eigenvalue weighted by Gasteiger charge is -2.11. The molecule has 0 aliphatic carbocycles. The van der Waals surface area contributed by atoms with Crippen LogP contribution in [-0.2, 0) is 6.42 Å². The van der Waals surface area contributed by atoms with Gasteiger partial charge in [0.15, 0.2) is 11.5 Å². The lowest BCUT2D eigenvalue weighted by molar-refractivity contribution is 0.165. The number of para-hydroxylation sites is 2. The van der Waals surface area contributed by atoms with Crippen LogP contribution < -0.4 is 0 Å². The van der Waals surface area contributed by atoms with Crippen LogP contribution in [-0.4, -0.2) is 10.1 Å². The van der Waals surface area contributed by atoms with Crippen LogP contribution in [0.1, 0.15) is 17.6 Å². The second-order valence-electron chi connectivity index (χ2n) is 4.43. The number of nitrogens with zero attached hydrogens (tertiary/aromatic N) is 1. The molecule has 0 radical (unpaired) electrons. The van der Waals surface area contributed by atoms with Crippen molar-refractivity contribution in [3.63, 3.8) is 0 Å². The van der Waals surface area contributed by atoms with Gasteiger partial charge in [-0.05, 0) is 24.3 Å². The predicted octanol–water partition coefficient (Wildman–Crippen LogP) is 3.90. The van der Waals surface area contributed by atoms with Gasteiger partial charge in [0, 0.05) is 10.6 Å². The van der Waals surface area contributed by atoms with Crippen molar-refractivity contribution in [3.8, 4) is 0 Å². The maximum Gasteiger partial charge on any atom is 0.198 e. The third-order valence-corrected chi connectivity index (χ3v) is 3.37. The minimum absolute atomic E-state index is 0.0648. The molecule has 0 fully saturated rings. The first kappa shape index (κ1) is 13.1. The Morgan fingerprint density at radius 1 is 1.20 bits per heavy atom. The zero-order chi connectivity index (χ0) is 14.1. The smallest absolute Gasteiger partial charge is 0.198 e. The van der Waals surface area contributed by atoms with Crippen molar-refractivity contribution < 1.29 is 13.9 Å². The van der Waals surface area contributed by atoms with E-state index in [9.17, 15) is 9.50 Å².